The summed E-state index contributed by atoms with van der Waals surface area (Å²) in [5.41, 5.74) is 0.450. The zero-order chi connectivity index (χ0) is 14.8. The summed E-state index contributed by atoms with van der Waals surface area (Å²) in [5.74, 6) is 1.25. The Morgan fingerprint density at radius 2 is 2.25 bits per heavy atom. The Bertz CT molecular complexity index is 461. The van der Waals surface area contributed by atoms with E-state index in [0.717, 1.165) is 15.8 Å². The summed E-state index contributed by atoms with van der Waals surface area (Å²) >= 11 is 3.49. The molecule has 1 aromatic carbocycles. The smallest absolute Gasteiger partial charge is 0.133 e. The van der Waals surface area contributed by atoms with Crippen molar-refractivity contribution in [3.05, 3.63) is 28.2 Å². The minimum Gasteiger partial charge on any atom is -0.496 e. The van der Waals surface area contributed by atoms with E-state index in [1.807, 2.05) is 18.2 Å². The molecular formula is C16H23BrO3. The molecule has 0 amide bonds. The van der Waals surface area contributed by atoms with Gasteiger partial charge in [-0.2, -0.15) is 0 Å². The average molecular weight is 343 g/mol. The van der Waals surface area contributed by atoms with Gasteiger partial charge in [0.2, 0.25) is 0 Å². The van der Waals surface area contributed by atoms with Crippen LogP contribution in [0.15, 0.2) is 22.7 Å². The van der Waals surface area contributed by atoms with E-state index in [-0.39, 0.29) is 6.10 Å². The van der Waals surface area contributed by atoms with E-state index in [1.54, 1.807) is 7.11 Å². The van der Waals surface area contributed by atoms with E-state index in [4.69, 9.17) is 9.47 Å². The third-order valence-electron chi connectivity index (χ3n) is 3.97. The summed E-state index contributed by atoms with van der Waals surface area (Å²) < 4.78 is 11.9. The highest BCUT2D eigenvalue weighted by Crippen LogP contribution is 2.33. The van der Waals surface area contributed by atoms with E-state index in [2.05, 4.69) is 29.8 Å². The first kappa shape index (κ1) is 15.8. The number of rotatable bonds is 4. The SMILES string of the molecule is COc1ccc(CC2(O)CCOC(C(C)C)C2)cc1Br. The number of ether oxygens (including phenoxy) is 2. The van der Waals surface area contributed by atoms with Gasteiger partial charge in [-0.15, -0.1) is 0 Å². The van der Waals surface area contributed by atoms with E-state index >= 15 is 0 Å². The number of hydrogen-bond acceptors (Lipinski definition) is 3. The van der Waals surface area contributed by atoms with Crippen LogP contribution in [0, 0.1) is 5.92 Å². The van der Waals surface area contributed by atoms with Gasteiger partial charge < -0.3 is 14.6 Å². The van der Waals surface area contributed by atoms with Crippen LogP contribution in [0.3, 0.4) is 0 Å². The minimum atomic E-state index is -0.665. The van der Waals surface area contributed by atoms with Gasteiger partial charge in [-0.05, 0) is 46.0 Å². The fourth-order valence-corrected chi connectivity index (χ4v) is 3.31. The van der Waals surface area contributed by atoms with Crippen LogP contribution < -0.4 is 4.74 Å². The summed E-state index contributed by atoms with van der Waals surface area (Å²) in [6.07, 6.45) is 2.20. The molecule has 0 saturated carbocycles. The Labute approximate surface area is 129 Å². The maximum absolute atomic E-state index is 10.8. The van der Waals surface area contributed by atoms with Crippen LogP contribution in [0.2, 0.25) is 0 Å². The Morgan fingerprint density at radius 3 is 2.85 bits per heavy atom. The predicted molar refractivity (Wildman–Crippen MR) is 83.2 cm³/mol. The second kappa shape index (κ2) is 6.46. The molecule has 0 aliphatic carbocycles. The molecule has 1 saturated heterocycles. The molecule has 3 nitrogen and oxygen atoms in total. The molecule has 1 aliphatic heterocycles. The lowest BCUT2D eigenvalue weighted by molar-refractivity contribution is -0.116. The van der Waals surface area contributed by atoms with Crippen molar-refractivity contribution < 1.29 is 14.6 Å². The molecule has 20 heavy (non-hydrogen) atoms. The van der Waals surface area contributed by atoms with E-state index < -0.39 is 5.60 Å². The van der Waals surface area contributed by atoms with Gasteiger partial charge >= 0.3 is 0 Å². The average Bonchev–Trinajstić information content (AvgIpc) is 2.38. The topological polar surface area (TPSA) is 38.7 Å². The molecule has 0 aromatic heterocycles. The Kier molecular flexibility index (Phi) is 5.10. The van der Waals surface area contributed by atoms with Crippen molar-refractivity contribution in [3.63, 3.8) is 0 Å². The van der Waals surface area contributed by atoms with Gasteiger partial charge in [-0.3, -0.25) is 0 Å². The van der Waals surface area contributed by atoms with Crippen molar-refractivity contribution in [2.45, 2.75) is 44.8 Å². The molecule has 0 radical (unpaired) electrons. The van der Waals surface area contributed by atoms with Gasteiger partial charge in [0.25, 0.3) is 0 Å². The molecule has 0 bridgehead atoms. The zero-order valence-electron chi connectivity index (χ0n) is 12.4. The van der Waals surface area contributed by atoms with E-state index in [1.165, 1.54) is 0 Å². The van der Waals surface area contributed by atoms with Crippen molar-refractivity contribution in [2.24, 2.45) is 5.92 Å². The maximum Gasteiger partial charge on any atom is 0.133 e. The van der Waals surface area contributed by atoms with Crippen molar-refractivity contribution in [1.82, 2.24) is 0 Å². The third-order valence-corrected chi connectivity index (χ3v) is 4.59. The number of hydrogen-bond donors (Lipinski definition) is 1. The molecule has 1 N–H and O–H groups in total. The fraction of sp³-hybridized carbons (Fsp3) is 0.625. The molecular weight excluding hydrogens is 320 g/mol. The van der Waals surface area contributed by atoms with Crippen molar-refractivity contribution in [3.8, 4) is 5.75 Å². The van der Waals surface area contributed by atoms with Gasteiger partial charge in [0.1, 0.15) is 5.75 Å². The summed E-state index contributed by atoms with van der Waals surface area (Å²) in [6, 6.07) is 5.97. The third kappa shape index (κ3) is 3.74. The van der Waals surface area contributed by atoms with Crippen LogP contribution >= 0.6 is 15.9 Å². The van der Waals surface area contributed by atoms with Gasteiger partial charge in [0.05, 0.1) is 23.3 Å². The van der Waals surface area contributed by atoms with E-state index in [9.17, 15) is 5.11 Å². The molecule has 2 atom stereocenters. The maximum atomic E-state index is 10.8. The van der Waals surface area contributed by atoms with Gasteiger partial charge in [-0.25, -0.2) is 0 Å². The molecule has 1 heterocycles. The monoisotopic (exact) mass is 342 g/mol. The molecule has 2 rings (SSSR count). The normalized spacial score (nSPS) is 26.8. The summed E-state index contributed by atoms with van der Waals surface area (Å²) in [6.45, 7) is 4.91. The highest BCUT2D eigenvalue weighted by molar-refractivity contribution is 9.10. The quantitative estimate of drug-likeness (QED) is 0.908. The van der Waals surface area contributed by atoms with Gasteiger partial charge in [0, 0.05) is 19.4 Å². The van der Waals surface area contributed by atoms with Gasteiger partial charge in [0.15, 0.2) is 0 Å². The standard InChI is InChI=1S/C16H23BrO3/c1-11(2)15-10-16(18,6-7-20-15)9-12-4-5-14(19-3)13(17)8-12/h4-5,8,11,15,18H,6-7,9-10H2,1-3H3. The Hall–Kier alpha value is -0.580. The molecule has 112 valence electrons. The van der Waals surface area contributed by atoms with Crippen LogP contribution in [-0.4, -0.2) is 30.5 Å². The number of aliphatic hydroxyl groups is 1. The lowest BCUT2D eigenvalue weighted by atomic mass is 9.82. The second-order valence-electron chi connectivity index (χ2n) is 5.98. The van der Waals surface area contributed by atoms with E-state index in [0.29, 0.717) is 31.8 Å². The number of halogens is 1. The van der Waals surface area contributed by atoms with Crippen molar-refractivity contribution >= 4 is 15.9 Å². The Balaban J connectivity index is 2.09. The van der Waals surface area contributed by atoms with Crippen LogP contribution in [0.25, 0.3) is 0 Å². The fourth-order valence-electron chi connectivity index (χ4n) is 2.72. The largest absolute Gasteiger partial charge is 0.496 e. The van der Waals surface area contributed by atoms with Gasteiger partial charge in [-0.1, -0.05) is 19.9 Å². The predicted octanol–water partition coefficient (Wildman–Crippen LogP) is 3.57. The lowest BCUT2D eigenvalue weighted by Crippen LogP contribution is -2.44. The van der Waals surface area contributed by atoms with Crippen LogP contribution in [0.1, 0.15) is 32.3 Å². The lowest BCUT2D eigenvalue weighted by Gasteiger charge is -2.38. The minimum absolute atomic E-state index is 0.149. The number of benzene rings is 1. The van der Waals surface area contributed by atoms with Crippen molar-refractivity contribution in [1.29, 1.82) is 0 Å². The first-order valence-electron chi connectivity index (χ1n) is 7.10. The molecule has 1 aromatic rings. The number of methoxy groups -OCH3 is 1. The van der Waals surface area contributed by atoms with Crippen molar-refractivity contribution in [2.75, 3.05) is 13.7 Å². The van der Waals surface area contributed by atoms with Crippen LogP contribution in [0.5, 0.6) is 5.75 Å². The summed E-state index contributed by atoms with van der Waals surface area (Å²) in [5, 5.41) is 10.8. The summed E-state index contributed by atoms with van der Waals surface area (Å²) in [4.78, 5) is 0. The molecule has 4 heteroatoms. The highest BCUT2D eigenvalue weighted by Gasteiger charge is 2.36. The Morgan fingerprint density at radius 1 is 1.50 bits per heavy atom. The van der Waals surface area contributed by atoms with Crippen LogP contribution in [0.4, 0.5) is 0 Å². The molecule has 0 spiro atoms. The summed E-state index contributed by atoms with van der Waals surface area (Å²) in [7, 11) is 1.65. The zero-order valence-corrected chi connectivity index (χ0v) is 13.9. The first-order valence-corrected chi connectivity index (χ1v) is 7.89. The van der Waals surface area contributed by atoms with Crippen LogP contribution in [-0.2, 0) is 11.2 Å². The first-order chi connectivity index (χ1) is 9.43. The highest BCUT2D eigenvalue weighted by atomic mass is 79.9. The second-order valence-corrected chi connectivity index (χ2v) is 6.83. The molecule has 2 unspecified atom stereocenters. The molecule has 1 aliphatic rings. The molecule has 1 fully saturated rings.